The van der Waals surface area contributed by atoms with E-state index in [0.29, 0.717) is 12.1 Å². The molecule has 2 rings (SSSR count). The van der Waals surface area contributed by atoms with E-state index in [0.717, 1.165) is 25.9 Å². The van der Waals surface area contributed by atoms with Gasteiger partial charge in [0.1, 0.15) is 0 Å². The molecule has 0 bridgehead atoms. The monoisotopic (exact) mass is 262 g/mol. The van der Waals surface area contributed by atoms with E-state index in [4.69, 9.17) is 10.6 Å². The molecule has 0 radical (unpaired) electrons. The molecule has 1 aromatic rings. The number of benzene rings is 1. The third-order valence-electron chi connectivity index (χ3n) is 3.97. The van der Waals surface area contributed by atoms with Crippen molar-refractivity contribution in [1.29, 1.82) is 0 Å². The van der Waals surface area contributed by atoms with E-state index < -0.39 is 0 Å². The lowest BCUT2D eigenvalue weighted by atomic mass is 9.96. The Morgan fingerprint density at radius 3 is 2.58 bits per heavy atom. The number of rotatable bonds is 6. The van der Waals surface area contributed by atoms with Gasteiger partial charge in [-0.1, -0.05) is 31.2 Å². The number of ether oxygens (including phenoxy) is 1. The third kappa shape index (κ3) is 4.60. The van der Waals surface area contributed by atoms with Crippen molar-refractivity contribution in [2.24, 2.45) is 5.84 Å². The van der Waals surface area contributed by atoms with Crippen LogP contribution in [0.15, 0.2) is 24.3 Å². The number of hydrogen-bond donors (Lipinski definition) is 2. The van der Waals surface area contributed by atoms with Crippen molar-refractivity contribution in [3.05, 3.63) is 35.4 Å². The smallest absolute Gasteiger partial charge is 0.0590 e. The van der Waals surface area contributed by atoms with Gasteiger partial charge >= 0.3 is 0 Å². The first-order chi connectivity index (χ1) is 9.31. The molecule has 0 saturated carbocycles. The number of aryl methyl sites for hydroxylation is 1. The van der Waals surface area contributed by atoms with Gasteiger partial charge in [0.05, 0.1) is 6.10 Å². The van der Waals surface area contributed by atoms with Crippen molar-refractivity contribution in [3.63, 3.8) is 0 Å². The number of hydrogen-bond acceptors (Lipinski definition) is 3. The molecule has 1 aromatic carbocycles. The second-order valence-electron chi connectivity index (χ2n) is 5.46. The highest BCUT2D eigenvalue weighted by Crippen LogP contribution is 2.18. The SMILES string of the molecule is CCc1ccc(CC(CC2CCCCO2)NN)cc1. The van der Waals surface area contributed by atoms with Crippen LogP contribution in [0.4, 0.5) is 0 Å². The van der Waals surface area contributed by atoms with Crippen molar-refractivity contribution < 1.29 is 4.74 Å². The molecule has 3 nitrogen and oxygen atoms in total. The van der Waals surface area contributed by atoms with E-state index in [2.05, 4.69) is 36.6 Å². The molecule has 2 unspecified atom stereocenters. The highest BCUT2D eigenvalue weighted by atomic mass is 16.5. The van der Waals surface area contributed by atoms with Crippen LogP contribution in [0, 0.1) is 0 Å². The molecule has 19 heavy (non-hydrogen) atoms. The molecular weight excluding hydrogens is 236 g/mol. The molecule has 0 spiro atoms. The fourth-order valence-electron chi connectivity index (χ4n) is 2.72. The first kappa shape index (κ1) is 14.5. The molecule has 2 atom stereocenters. The summed E-state index contributed by atoms with van der Waals surface area (Å²) in [5.41, 5.74) is 5.68. The molecule has 1 saturated heterocycles. The van der Waals surface area contributed by atoms with Crippen molar-refractivity contribution in [2.45, 2.75) is 57.6 Å². The molecule has 3 N–H and O–H groups in total. The van der Waals surface area contributed by atoms with Gasteiger partial charge in [-0.25, -0.2) is 0 Å². The Bertz CT molecular complexity index is 358. The number of nitrogens with one attached hydrogen (secondary N) is 1. The summed E-state index contributed by atoms with van der Waals surface area (Å²) in [6.45, 7) is 3.09. The summed E-state index contributed by atoms with van der Waals surface area (Å²) in [6.07, 6.45) is 7.11. The number of hydrazine groups is 1. The fraction of sp³-hybridized carbons (Fsp3) is 0.625. The Morgan fingerprint density at radius 2 is 2.00 bits per heavy atom. The van der Waals surface area contributed by atoms with E-state index >= 15 is 0 Å². The van der Waals surface area contributed by atoms with Crippen molar-refractivity contribution in [3.8, 4) is 0 Å². The first-order valence-electron chi connectivity index (χ1n) is 7.47. The van der Waals surface area contributed by atoms with Crippen LogP contribution in [0.2, 0.25) is 0 Å². The normalized spacial score (nSPS) is 21.3. The largest absolute Gasteiger partial charge is 0.378 e. The van der Waals surface area contributed by atoms with Gasteiger partial charge < -0.3 is 4.74 Å². The minimum absolute atomic E-state index is 0.301. The summed E-state index contributed by atoms with van der Waals surface area (Å²) in [7, 11) is 0. The van der Waals surface area contributed by atoms with Crippen LogP contribution in [0.3, 0.4) is 0 Å². The Hall–Kier alpha value is -0.900. The van der Waals surface area contributed by atoms with Gasteiger partial charge in [-0.3, -0.25) is 11.3 Å². The lowest BCUT2D eigenvalue weighted by molar-refractivity contribution is 0.00524. The van der Waals surface area contributed by atoms with E-state index in [1.807, 2.05) is 0 Å². The average molecular weight is 262 g/mol. The zero-order valence-corrected chi connectivity index (χ0v) is 11.9. The molecule has 0 amide bonds. The van der Waals surface area contributed by atoms with Crippen LogP contribution in [0.25, 0.3) is 0 Å². The molecule has 1 heterocycles. The summed E-state index contributed by atoms with van der Waals surface area (Å²) in [5.74, 6) is 5.69. The Labute approximate surface area is 116 Å². The van der Waals surface area contributed by atoms with Crippen LogP contribution in [0.1, 0.15) is 43.7 Å². The highest BCUT2D eigenvalue weighted by Gasteiger charge is 2.19. The molecule has 1 aliphatic heterocycles. The summed E-state index contributed by atoms with van der Waals surface area (Å²) in [4.78, 5) is 0. The topological polar surface area (TPSA) is 47.3 Å². The number of nitrogens with two attached hydrogens (primary N) is 1. The van der Waals surface area contributed by atoms with Crippen molar-refractivity contribution in [2.75, 3.05) is 6.61 Å². The summed E-state index contributed by atoms with van der Waals surface area (Å²) in [6, 6.07) is 9.14. The highest BCUT2D eigenvalue weighted by molar-refractivity contribution is 5.23. The quantitative estimate of drug-likeness (QED) is 0.612. The summed E-state index contributed by atoms with van der Waals surface area (Å²) >= 11 is 0. The van der Waals surface area contributed by atoms with Crippen molar-refractivity contribution >= 4 is 0 Å². The molecular formula is C16H26N2O. The summed E-state index contributed by atoms with van der Waals surface area (Å²) in [5, 5.41) is 0. The third-order valence-corrected chi connectivity index (χ3v) is 3.97. The Balaban J connectivity index is 1.86. The minimum Gasteiger partial charge on any atom is -0.378 e. The average Bonchev–Trinajstić information content (AvgIpc) is 2.48. The van der Waals surface area contributed by atoms with Crippen LogP contribution in [-0.2, 0) is 17.6 Å². The predicted molar refractivity (Wildman–Crippen MR) is 78.8 cm³/mol. The van der Waals surface area contributed by atoms with Gasteiger partial charge in [-0.15, -0.1) is 0 Å². The standard InChI is InChI=1S/C16H26N2O/c1-2-13-6-8-14(9-7-13)11-15(18-17)12-16-5-3-4-10-19-16/h6-9,15-16,18H,2-5,10-12,17H2,1H3. The fourth-order valence-corrected chi connectivity index (χ4v) is 2.72. The van der Waals surface area contributed by atoms with Crippen LogP contribution >= 0.6 is 0 Å². The molecule has 0 aliphatic carbocycles. The Morgan fingerprint density at radius 1 is 1.26 bits per heavy atom. The Kier molecular flexibility index (Phi) is 5.83. The van der Waals surface area contributed by atoms with Crippen molar-refractivity contribution in [1.82, 2.24) is 5.43 Å². The summed E-state index contributed by atoms with van der Waals surface area (Å²) < 4.78 is 5.79. The van der Waals surface area contributed by atoms with Crippen LogP contribution in [0.5, 0.6) is 0 Å². The van der Waals surface area contributed by atoms with Crippen LogP contribution < -0.4 is 11.3 Å². The maximum Gasteiger partial charge on any atom is 0.0590 e. The van der Waals surface area contributed by atoms with Gasteiger partial charge in [0, 0.05) is 12.6 Å². The zero-order chi connectivity index (χ0) is 13.5. The van der Waals surface area contributed by atoms with E-state index in [1.165, 1.54) is 30.4 Å². The second kappa shape index (κ2) is 7.63. The lowest BCUT2D eigenvalue weighted by Crippen LogP contribution is -2.40. The van der Waals surface area contributed by atoms with Gasteiger partial charge in [0.2, 0.25) is 0 Å². The molecule has 1 aliphatic rings. The van der Waals surface area contributed by atoms with E-state index in [1.54, 1.807) is 0 Å². The van der Waals surface area contributed by atoms with Gasteiger partial charge in [-0.2, -0.15) is 0 Å². The van der Waals surface area contributed by atoms with E-state index in [9.17, 15) is 0 Å². The molecule has 3 heteroatoms. The second-order valence-corrected chi connectivity index (χ2v) is 5.46. The first-order valence-corrected chi connectivity index (χ1v) is 7.47. The van der Waals surface area contributed by atoms with Gasteiger partial charge in [-0.05, 0) is 49.7 Å². The molecule has 106 valence electrons. The zero-order valence-electron chi connectivity index (χ0n) is 11.9. The predicted octanol–water partition coefficient (Wildman–Crippen LogP) is 2.58. The lowest BCUT2D eigenvalue weighted by Gasteiger charge is -2.26. The van der Waals surface area contributed by atoms with Crippen LogP contribution in [-0.4, -0.2) is 18.8 Å². The van der Waals surface area contributed by atoms with Gasteiger partial charge in [0.15, 0.2) is 0 Å². The maximum absolute atomic E-state index is 5.79. The minimum atomic E-state index is 0.301. The van der Waals surface area contributed by atoms with E-state index in [-0.39, 0.29) is 0 Å². The maximum atomic E-state index is 5.79. The van der Waals surface area contributed by atoms with Gasteiger partial charge in [0.25, 0.3) is 0 Å². The molecule has 0 aromatic heterocycles. The molecule has 1 fully saturated rings.